The predicted molar refractivity (Wildman–Crippen MR) is 67.7 cm³/mol. The molecule has 1 aromatic heterocycles. The summed E-state index contributed by atoms with van der Waals surface area (Å²) in [5, 5.41) is 0.835. The van der Waals surface area contributed by atoms with E-state index < -0.39 is 5.82 Å². The summed E-state index contributed by atoms with van der Waals surface area (Å²) in [6.45, 7) is 4.20. The number of halogens is 1. The molecule has 0 amide bonds. The van der Waals surface area contributed by atoms with Crippen LogP contribution in [0.3, 0.4) is 0 Å². The van der Waals surface area contributed by atoms with Crippen LogP contribution in [0.4, 0.5) is 4.39 Å². The molecular formula is C13H12FNO2S. The highest BCUT2D eigenvalue weighted by atomic mass is 32.1. The number of hydrogen-bond donors (Lipinski definition) is 0. The topological polar surface area (TPSA) is 39.2 Å². The number of aromatic nitrogens is 1. The van der Waals surface area contributed by atoms with Gasteiger partial charge in [0, 0.05) is 16.5 Å². The minimum Gasteiger partial charge on any atom is -0.486 e. The average molecular weight is 265 g/mol. The molecule has 3 nitrogen and oxygen atoms in total. The Morgan fingerprint density at radius 1 is 1.39 bits per heavy atom. The summed E-state index contributed by atoms with van der Waals surface area (Å²) in [5.41, 5.74) is 1.24. The SMILES string of the molecule is Cc1nc(COc2cc(F)cc(C=O)c2)sc1C. The Kier molecular flexibility index (Phi) is 3.72. The van der Waals surface area contributed by atoms with Gasteiger partial charge < -0.3 is 4.74 Å². The molecule has 0 radical (unpaired) electrons. The van der Waals surface area contributed by atoms with Crippen molar-refractivity contribution in [3.63, 3.8) is 0 Å². The van der Waals surface area contributed by atoms with Gasteiger partial charge in [0.05, 0.1) is 5.69 Å². The molecule has 18 heavy (non-hydrogen) atoms. The summed E-state index contributed by atoms with van der Waals surface area (Å²) in [7, 11) is 0. The highest BCUT2D eigenvalue weighted by Crippen LogP contribution is 2.20. The Labute approximate surface area is 108 Å². The van der Waals surface area contributed by atoms with Crippen LogP contribution in [0.15, 0.2) is 18.2 Å². The molecule has 0 fully saturated rings. The molecule has 1 aromatic carbocycles. The zero-order valence-corrected chi connectivity index (χ0v) is 10.9. The fourth-order valence-corrected chi connectivity index (χ4v) is 2.33. The second-order valence-electron chi connectivity index (χ2n) is 3.88. The Morgan fingerprint density at radius 3 is 2.78 bits per heavy atom. The summed E-state index contributed by atoms with van der Waals surface area (Å²) < 4.78 is 18.6. The quantitative estimate of drug-likeness (QED) is 0.796. The first-order chi connectivity index (χ1) is 8.58. The standard InChI is InChI=1S/C13H12FNO2S/c1-8-9(2)18-13(15-8)7-17-12-4-10(6-16)3-11(14)5-12/h3-6H,7H2,1-2H3. The van der Waals surface area contributed by atoms with Crippen molar-refractivity contribution in [1.29, 1.82) is 0 Å². The van der Waals surface area contributed by atoms with Gasteiger partial charge in [0.1, 0.15) is 29.5 Å². The van der Waals surface area contributed by atoms with Crippen LogP contribution in [0.25, 0.3) is 0 Å². The van der Waals surface area contributed by atoms with Gasteiger partial charge in [-0.2, -0.15) is 0 Å². The van der Waals surface area contributed by atoms with Crippen LogP contribution in [0.5, 0.6) is 5.75 Å². The first-order valence-corrected chi connectivity index (χ1v) is 6.21. The van der Waals surface area contributed by atoms with Crippen molar-refractivity contribution < 1.29 is 13.9 Å². The van der Waals surface area contributed by atoms with Crippen molar-refractivity contribution in [3.05, 3.63) is 45.2 Å². The first kappa shape index (κ1) is 12.7. The van der Waals surface area contributed by atoms with E-state index in [0.717, 1.165) is 21.6 Å². The predicted octanol–water partition coefficient (Wildman–Crippen LogP) is 3.29. The summed E-state index contributed by atoms with van der Waals surface area (Å²) >= 11 is 1.55. The summed E-state index contributed by atoms with van der Waals surface area (Å²) in [4.78, 5) is 16.1. The zero-order valence-electron chi connectivity index (χ0n) is 10.1. The maximum Gasteiger partial charge on any atom is 0.150 e. The van der Waals surface area contributed by atoms with E-state index in [1.165, 1.54) is 12.1 Å². The van der Waals surface area contributed by atoms with Crippen molar-refractivity contribution in [2.45, 2.75) is 20.5 Å². The van der Waals surface area contributed by atoms with Crippen molar-refractivity contribution >= 4 is 17.6 Å². The number of thiazole rings is 1. The first-order valence-electron chi connectivity index (χ1n) is 5.40. The van der Waals surface area contributed by atoms with Gasteiger partial charge in [-0.3, -0.25) is 4.79 Å². The number of ether oxygens (including phenoxy) is 1. The summed E-state index contributed by atoms with van der Waals surface area (Å²) in [6.07, 6.45) is 0.591. The number of benzene rings is 1. The van der Waals surface area contributed by atoms with E-state index in [1.807, 2.05) is 13.8 Å². The third-order valence-electron chi connectivity index (χ3n) is 2.46. The molecule has 0 spiro atoms. The molecule has 0 aliphatic rings. The zero-order chi connectivity index (χ0) is 13.1. The molecule has 0 unspecified atom stereocenters. The average Bonchev–Trinajstić information content (AvgIpc) is 2.65. The molecule has 0 N–H and O–H groups in total. The Bertz CT molecular complexity index is 561. The van der Waals surface area contributed by atoms with E-state index in [1.54, 1.807) is 11.3 Å². The molecule has 0 aliphatic heterocycles. The summed E-state index contributed by atoms with van der Waals surface area (Å²) in [6, 6.07) is 3.92. The van der Waals surface area contributed by atoms with Gasteiger partial charge in [0.25, 0.3) is 0 Å². The Morgan fingerprint density at radius 2 is 2.17 bits per heavy atom. The lowest BCUT2D eigenvalue weighted by molar-refractivity contribution is 0.112. The second-order valence-corrected chi connectivity index (χ2v) is 5.16. The number of nitrogens with zero attached hydrogens (tertiary/aromatic N) is 1. The number of hydrogen-bond acceptors (Lipinski definition) is 4. The van der Waals surface area contributed by atoms with Crippen molar-refractivity contribution in [2.75, 3.05) is 0 Å². The molecule has 0 atom stereocenters. The fourth-order valence-electron chi connectivity index (χ4n) is 1.48. The molecule has 2 aromatic rings. The van der Waals surface area contributed by atoms with Crippen molar-refractivity contribution in [3.8, 4) is 5.75 Å². The lowest BCUT2D eigenvalue weighted by atomic mass is 10.2. The number of aldehydes is 1. The normalized spacial score (nSPS) is 10.4. The summed E-state index contributed by atoms with van der Waals surface area (Å²) in [5.74, 6) is -0.149. The van der Waals surface area contributed by atoms with E-state index >= 15 is 0 Å². The minimum atomic E-state index is -0.485. The van der Waals surface area contributed by atoms with E-state index in [9.17, 15) is 9.18 Å². The maximum atomic E-state index is 13.2. The van der Waals surface area contributed by atoms with Crippen LogP contribution in [0, 0.1) is 19.7 Å². The van der Waals surface area contributed by atoms with Crippen molar-refractivity contribution in [2.24, 2.45) is 0 Å². The third-order valence-corrected chi connectivity index (χ3v) is 3.51. The van der Waals surface area contributed by atoms with Gasteiger partial charge in [-0.1, -0.05) is 0 Å². The van der Waals surface area contributed by atoms with Crippen LogP contribution >= 0.6 is 11.3 Å². The molecule has 94 valence electrons. The molecule has 0 saturated carbocycles. The molecule has 5 heteroatoms. The largest absolute Gasteiger partial charge is 0.486 e. The van der Waals surface area contributed by atoms with Crippen LogP contribution in [-0.4, -0.2) is 11.3 Å². The number of rotatable bonds is 4. The molecule has 0 saturated heterocycles. The van der Waals surface area contributed by atoms with E-state index in [2.05, 4.69) is 4.98 Å². The number of carbonyl (C=O) groups excluding carboxylic acids is 1. The van der Waals surface area contributed by atoms with E-state index in [-0.39, 0.29) is 12.2 Å². The lowest BCUT2D eigenvalue weighted by Crippen LogP contribution is -1.96. The fraction of sp³-hybridized carbons (Fsp3) is 0.231. The van der Waals surface area contributed by atoms with Gasteiger partial charge in [0.15, 0.2) is 0 Å². The molecule has 0 bridgehead atoms. The van der Waals surface area contributed by atoms with Gasteiger partial charge >= 0.3 is 0 Å². The Hall–Kier alpha value is -1.75. The van der Waals surface area contributed by atoms with Crippen molar-refractivity contribution in [1.82, 2.24) is 4.98 Å². The van der Waals surface area contributed by atoms with E-state index in [4.69, 9.17) is 4.74 Å². The van der Waals surface area contributed by atoms with Gasteiger partial charge in [-0.05, 0) is 26.0 Å². The van der Waals surface area contributed by atoms with Gasteiger partial charge in [0.2, 0.25) is 0 Å². The maximum absolute atomic E-state index is 13.2. The van der Waals surface area contributed by atoms with Gasteiger partial charge in [-0.25, -0.2) is 9.37 Å². The lowest BCUT2D eigenvalue weighted by Gasteiger charge is -2.04. The molecule has 2 rings (SSSR count). The number of carbonyl (C=O) groups is 1. The molecule has 0 aliphatic carbocycles. The van der Waals surface area contributed by atoms with Gasteiger partial charge in [-0.15, -0.1) is 11.3 Å². The van der Waals surface area contributed by atoms with Crippen LogP contribution < -0.4 is 4.74 Å². The third kappa shape index (κ3) is 2.92. The van der Waals surface area contributed by atoms with Crippen LogP contribution in [0.1, 0.15) is 25.9 Å². The van der Waals surface area contributed by atoms with Crippen LogP contribution in [-0.2, 0) is 6.61 Å². The van der Waals surface area contributed by atoms with Crippen LogP contribution in [0.2, 0.25) is 0 Å². The number of aryl methyl sites for hydroxylation is 2. The monoisotopic (exact) mass is 265 g/mol. The Balaban J connectivity index is 2.10. The van der Waals surface area contributed by atoms with E-state index in [0.29, 0.717) is 12.0 Å². The smallest absolute Gasteiger partial charge is 0.150 e. The molecular weight excluding hydrogens is 253 g/mol. The second kappa shape index (κ2) is 5.27. The highest BCUT2D eigenvalue weighted by molar-refractivity contribution is 7.11. The minimum absolute atomic E-state index is 0.261. The highest BCUT2D eigenvalue weighted by Gasteiger charge is 2.06. The molecule has 1 heterocycles.